The summed E-state index contributed by atoms with van der Waals surface area (Å²) in [5.74, 6) is 0.0941. The first-order valence-electron chi connectivity index (χ1n) is 8.79. The first kappa shape index (κ1) is 16.8. The molecule has 2 fully saturated rings. The highest BCUT2D eigenvalue weighted by molar-refractivity contribution is 5.79. The number of nitrogens with zero attached hydrogens (tertiary/aromatic N) is 1. The Kier molecular flexibility index (Phi) is 5.67. The molecule has 2 atom stereocenters. The molecule has 0 heterocycles. The summed E-state index contributed by atoms with van der Waals surface area (Å²) in [5, 5.41) is 13.1. The number of carboxylic acids is 1. The topological polar surface area (TPSA) is 52.6 Å². The Morgan fingerprint density at radius 2 is 1.95 bits per heavy atom. The molecule has 2 N–H and O–H groups in total. The Morgan fingerprint density at radius 1 is 1.29 bits per heavy atom. The lowest BCUT2D eigenvalue weighted by Gasteiger charge is -2.32. The van der Waals surface area contributed by atoms with Gasteiger partial charge in [-0.25, -0.2) is 0 Å². The van der Waals surface area contributed by atoms with E-state index in [2.05, 4.69) is 31.0 Å². The molecule has 0 aromatic carbocycles. The lowest BCUT2D eigenvalue weighted by atomic mass is 9.96. The van der Waals surface area contributed by atoms with Gasteiger partial charge in [0.15, 0.2) is 0 Å². The molecule has 0 amide bonds. The normalized spacial score (nSPS) is 29.5. The highest BCUT2D eigenvalue weighted by Gasteiger charge is 2.49. The molecule has 0 bridgehead atoms. The second-order valence-electron chi connectivity index (χ2n) is 6.97. The van der Waals surface area contributed by atoms with Gasteiger partial charge in [0.1, 0.15) is 5.54 Å². The van der Waals surface area contributed by atoms with Crippen LogP contribution in [0.4, 0.5) is 0 Å². The van der Waals surface area contributed by atoms with Crippen molar-refractivity contribution in [3.05, 3.63) is 0 Å². The Morgan fingerprint density at radius 3 is 2.43 bits per heavy atom. The van der Waals surface area contributed by atoms with E-state index in [-0.39, 0.29) is 0 Å². The van der Waals surface area contributed by atoms with E-state index < -0.39 is 11.5 Å². The minimum Gasteiger partial charge on any atom is -0.480 e. The molecule has 0 aliphatic heterocycles. The van der Waals surface area contributed by atoms with Crippen molar-refractivity contribution < 1.29 is 9.90 Å². The molecule has 0 spiro atoms. The molecular weight excluding hydrogens is 264 g/mol. The molecular formula is C17H32N2O2. The fraction of sp³-hybridized carbons (Fsp3) is 0.941. The molecule has 2 saturated carbocycles. The maximum atomic E-state index is 11.8. The van der Waals surface area contributed by atoms with Crippen LogP contribution in [0.5, 0.6) is 0 Å². The Labute approximate surface area is 129 Å². The van der Waals surface area contributed by atoms with Crippen LogP contribution in [0.15, 0.2) is 0 Å². The molecule has 21 heavy (non-hydrogen) atoms. The third kappa shape index (κ3) is 3.98. The van der Waals surface area contributed by atoms with Crippen LogP contribution in [0, 0.1) is 5.92 Å². The Bertz CT molecular complexity index is 353. The van der Waals surface area contributed by atoms with Crippen LogP contribution in [0.25, 0.3) is 0 Å². The standard InChI is InChI=1S/C17H32N2O2/c1-4-13(5-2)12-19(6-3)15-9-10-17(11-15,16(20)21)18-14-7-8-14/h13-15,18H,4-12H2,1-3H3,(H,20,21). The average molecular weight is 296 g/mol. The third-order valence-corrected chi connectivity index (χ3v) is 5.53. The molecule has 2 rings (SSSR count). The summed E-state index contributed by atoms with van der Waals surface area (Å²) in [4.78, 5) is 14.3. The van der Waals surface area contributed by atoms with Crippen molar-refractivity contribution in [3.8, 4) is 0 Å². The highest BCUT2D eigenvalue weighted by atomic mass is 16.4. The van der Waals surface area contributed by atoms with Crippen LogP contribution in [-0.4, -0.2) is 46.7 Å². The highest BCUT2D eigenvalue weighted by Crippen LogP contribution is 2.37. The van der Waals surface area contributed by atoms with Gasteiger partial charge >= 0.3 is 5.97 Å². The first-order chi connectivity index (χ1) is 10.0. The number of hydrogen-bond donors (Lipinski definition) is 2. The fourth-order valence-electron chi connectivity index (χ4n) is 3.75. The first-order valence-corrected chi connectivity index (χ1v) is 8.79. The second-order valence-corrected chi connectivity index (χ2v) is 6.97. The van der Waals surface area contributed by atoms with Crippen molar-refractivity contribution in [2.45, 2.75) is 83.3 Å². The van der Waals surface area contributed by atoms with E-state index >= 15 is 0 Å². The van der Waals surface area contributed by atoms with Gasteiger partial charge < -0.3 is 10.0 Å². The van der Waals surface area contributed by atoms with Crippen molar-refractivity contribution >= 4 is 5.97 Å². The van der Waals surface area contributed by atoms with Crippen molar-refractivity contribution in [2.75, 3.05) is 13.1 Å². The monoisotopic (exact) mass is 296 g/mol. The van der Waals surface area contributed by atoms with Crippen LogP contribution in [0.2, 0.25) is 0 Å². The van der Waals surface area contributed by atoms with Gasteiger partial charge in [0.05, 0.1) is 0 Å². The van der Waals surface area contributed by atoms with E-state index in [0.29, 0.717) is 12.1 Å². The molecule has 2 aliphatic rings. The number of rotatable bonds is 9. The summed E-state index contributed by atoms with van der Waals surface area (Å²) in [6, 6.07) is 0.881. The van der Waals surface area contributed by atoms with E-state index in [1.165, 1.54) is 12.8 Å². The van der Waals surface area contributed by atoms with Crippen molar-refractivity contribution in [3.63, 3.8) is 0 Å². The van der Waals surface area contributed by atoms with Crippen LogP contribution in [0.3, 0.4) is 0 Å². The predicted molar refractivity (Wildman–Crippen MR) is 85.5 cm³/mol. The average Bonchev–Trinajstić information content (AvgIpc) is 3.18. The summed E-state index contributed by atoms with van der Waals surface area (Å²) in [6.45, 7) is 8.87. The maximum Gasteiger partial charge on any atom is 0.323 e. The number of hydrogen-bond acceptors (Lipinski definition) is 3. The van der Waals surface area contributed by atoms with Crippen LogP contribution >= 0.6 is 0 Å². The molecule has 122 valence electrons. The van der Waals surface area contributed by atoms with Gasteiger partial charge in [0.2, 0.25) is 0 Å². The molecule has 0 radical (unpaired) electrons. The smallest absolute Gasteiger partial charge is 0.323 e. The minimum atomic E-state index is -0.660. The minimum absolute atomic E-state index is 0.429. The summed E-state index contributed by atoms with van der Waals surface area (Å²) in [6.07, 6.45) is 7.28. The van der Waals surface area contributed by atoms with Crippen molar-refractivity contribution in [2.24, 2.45) is 5.92 Å². The zero-order chi connectivity index (χ0) is 15.5. The maximum absolute atomic E-state index is 11.8. The number of carboxylic acid groups (broad SMARTS) is 1. The van der Waals surface area contributed by atoms with Gasteiger partial charge in [-0.1, -0.05) is 33.6 Å². The zero-order valence-corrected chi connectivity index (χ0v) is 13.9. The fourth-order valence-corrected chi connectivity index (χ4v) is 3.75. The number of carbonyl (C=O) groups is 1. The number of aliphatic carboxylic acids is 1. The Balaban J connectivity index is 1.98. The van der Waals surface area contributed by atoms with Gasteiger partial charge in [0, 0.05) is 18.6 Å². The third-order valence-electron chi connectivity index (χ3n) is 5.53. The number of nitrogens with one attached hydrogen (secondary N) is 1. The lowest BCUT2D eigenvalue weighted by molar-refractivity contribution is -0.145. The summed E-state index contributed by atoms with van der Waals surface area (Å²) >= 11 is 0. The molecule has 2 unspecified atom stereocenters. The van der Waals surface area contributed by atoms with E-state index in [1.54, 1.807) is 0 Å². The van der Waals surface area contributed by atoms with Gasteiger partial charge in [-0.3, -0.25) is 10.1 Å². The second kappa shape index (κ2) is 7.10. The van der Waals surface area contributed by atoms with Gasteiger partial charge in [-0.15, -0.1) is 0 Å². The van der Waals surface area contributed by atoms with Crippen molar-refractivity contribution in [1.29, 1.82) is 0 Å². The quantitative estimate of drug-likeness (QED) is 0.687. The lowest BCUT2D eigenvalue weighted by Crippen LogP contribution is -2.52. The largest absolute Gasteiger partial charge is 0.480 e. The molecule has 4 nitrogen and oxygen atoms in total. The Hall–Kier alpha value is -0.610. The van der Waals surface area contributed by atoms with Crippen molar-refractivity contribution in [1.82, 2.24) is 10.2 Å². The summed E-state index contributed by atoms with van der Waals surface area (Å²) in [7, 11) is 0. The van der Waals surface area contributed by atoms with Crippen LogP contribution in [-0.2, 0) is 4.79 Å². The zero-order valence-electron chi connectivity index (χ0n) is 13.9. The van der Waals surface area contributed by atoms with E-state index in [0.717, 1.165) is 51.1 Å². The van der Waals surface area contributed by atoms with E-state index in [4.69, 9.17) is 0 Å². The van der Waals surface area contributed by atoms with Gasteiger partial charge in [-0.2, -0.15) is 0 Å². The molecule has 4 heteroatoms. The molecule has 2 aliphatic carbocycles. The van der Waals surface area contributed by atoms with Crippen LogP contribution < -0.4 is 5.32 Å². The summed E-state index contributed by atoms with van der Waals surface area (Å²) < 4.78 is 0. The van der Waals surface area contributed by atoms with E-state index in [1.807, 2.05) is 0 Å². The van der Waals surface area contributed by atoms with Gasteiger partial charge in [-0.05, 0) is 44.6 Å². The SMILES string of the molecule is CCC(CC)CN(CC)C1CCC(NC2CC2)(C(=O)O)C1. The molecule has 0 aromatic rings. The van der Waals surface area contributed by atoms with Gasteiger partial charge in [0.25, 0.3) is 0 Å². The van der Waals surface area contributed by atoms with Crippen LogP contribution in [0.1, 0.15) is 65.7 Å². The molecule has 0 aromatic heterocycles. The predicted octanol–water partition coefficient (Wildman–Crippen LogP) is 2.87. The molecule has 0 saturated heterocycles. The summed E-state index contributed by atoms with van der Waals surface area (Å²) in [5.41, 5.74) is -0.660. The van der Waals surface area contributed by atoms with E-state index in [9.17, 15) is 9.90 Å².